The molecule has 0 radical (unpaired) electrons. The number of carboxylic acid groups (broad SMARTS) is 1. The number of aromatic nitrogens is 2. The van der Waals surface area contributed by atoms with Crippen LogP contribution in [0.1, 0.15) is 16.1 Å². The summed E-state index contributed by atoms with van der Waals surface area (Å²) in [7, 11) is 0. The molecule has 7 heteroatoms. The molecule has 0 fully saturated rings. The second-order valence-electron chi connectivity index (χ2n) is 3.80. The molecule has 0 atom stereocenters. The summed E-state index contributed by atoms with van der Waals surface area (Å²) >= 11 is 9.46. The molecule has 2 rings (SSSR count). The first-order valence-corrected chi connectivity index (χ1v) is 6.42. The molecule has 1 aromatic heterocycles. The zero-order valence-corrected chi connectivity index (χ0v) is 12.2. The van der Waals surface area contributed by atoms with E-state index < -0.39 is 5.97 Å². The minimum atomic E-state index is -1.11. The summed E-state index contributed by atoms with van der Waals surface area (Å²) < 4.78 is 0.832. The normalized spacial score (nSPS) is 10.3. The van der Waals surface area contributed by atoms with Crippen LogP contribution in [-0.4, -0.2) is 21.0 Å². The highest BCUT2D eigenvalue weighted by Gasteiger charge is 2.07. The second-order valence-corrected chi connectivity index (χ2v) is 5.06. The maximum atomic E-state index is 10.7. The Morgan fingerprint density at radius 1 is 1.37 bits per heavy atom. The van der Waals surface area contributed by atoms with Crippen LogP contribution in [0.2, 0.25) is 5.02 Å². The first-order valence-electron chi connectivity index (χ1n) is 5.25. The molecule has 0 aliphatic rings. The van der Waals surface area contributed by atoms with Crippen LogP contribution in [0.25, 0.3) is 0 Å². The predicted molar refractivity (Wildman–Crippen MR) is 76.2 cm³/mol. The van der Waals surface area contributed by atoms with Crippen LogP contribution >= 0.6 is 27.5 Å². The van der Waals surface area contributed by atoms with Crippen LogP contribution < -0.4 is 5.32 Å². The monoisotopic (exact) mass is 341 g/mol. The topological polar surface area (TPSA) is 75.1 Å². The van der Waals surface area contributed by atoms with Crippen molar-refractivity contribution in [1.82, 2.24) is 9.97 Å². The molecule has 0 spiro atoms. The number of halogens is 2. The quantitative estimate of drug-likeness (QED) is 0.890. The minimum Gasteiger partial charge on any atom is -0.476 e. The third-order valence-corrected chi connectivity index (χ3v) is 3.45. The van der Waals surface area contributed by atoms with E-state index in [9.17, 15) is 4.79 Å². The smallest absolute Gasteiger partial charge is 0.356 e. The van der Waals surface area contributed by atoms with E-state index in [0.29, 0.717) is 10.8 Å². The van der Waals surface area contributed by atoms with Gasteiger partial charge < -0.3 is 10.4 Å². The number of hydrogen-bond donors (Lipinski definition) is 2. The van der Waals surface area contributed by atoms with Crippen molar-refractivity contribution in [1.29, 1.82) is 0 Å². The molecule has 0 aliphatic carbocycles. The Kier molecular flexibility index (Phi) is 4.01. The number of carboxylic acids is 1. The van der Waals surface area contributed by atoms with Gasteiger partial charge in [0, 0.05) is 9.50 Å². The molecule has 0 saturated carbocycles. The lowest BCUT2D eigenvalue weighted by Crippen LogP contribution is -2.03. The third-order valence-electron chi connectivity index (χ3n) is 2.38. The fourth-order valence-electron chi connectivity index (χ4n) is 1.38. The zero-order chi connectivity index (χ0) is 14.0. The molecule has 0 unspecified atom stereocenters. The number of hydrogen-bond acceptors (Lipinski definition) is 4. The van der Waals surface area contributed by atoms with Crippen LogP contribution in [0.4, 0.5) is 11.5 Å². The van der Waals surface area contributed by atoms with E-state index in [2.05, 4.69) is 31.2 Å². The van der Waals surface area contributed by atoms with E-state index in [1.54, 1.807) is 6.07 Å². The molecule has 2 N–H and O–H groups in total. The van der Waals surface area contributed by atoms with Crippen molar-refractivity contribution in [3.05, 3.63) is 45.3 Å². The number of aryl methyl sites for hydroxylation is 1. The van der Waals surface area contributed by atoms with Crippen molar-refractivity contribution in [2.75, 3.05) is 5.32 Å². The SMILES string of the molecule is Cc1cc(Br)c(Nc2cnc(C(=O)O)cn2)cc1Cl. The van der Waals surface area contributed by atoms with Gasteiger partial charge in [-0.2, -0.15) is 0 Å². The molecule has 1 heterocycles. The molecule has 0 saturated heterocycles. The van der Waals surface area contributed by atoms with Gasteiger partial charge >= 0.3 is 5.97 Å². The third kappa shape index (κ3) is 3.21. The molecule has 98 valence electrons. The lowest BCUT2D eigenvalue weighted by molar-refractivity contribution is 0.0690. The van der Waals surface area contributed by atoms with Crippen molar-refractivity contribution in [2.45, 2.75) is 6.92 Å². The van der Waals surface area contributed by atoms with Gasteiger partial charge in [-0.05, 0) is 40.5 Å². The van der Waals surface area contributed by atoms with E-state index in [-0.39, 0.29) is 5.69 Å². The standard InChI is InChI=1S/C12H9BrClN3O2/c1-6-2-7(13)9(3-8(6)14)17-11-5-15-10(4-16-11)12(18)19/h2-5H,1H3,(H,16,17)(H,18,19). The highest BCUT2D eigenvalue weighted by atomic mass is 79.9. The summed E-state index contributed by atoms with van der Waals surface area (Å²) in [6.45, 7) is 1.90. The lowest BCUT2D eigenvalue weighted by atomic mass is 10.2. The van der Waals surface area contributed by atoms with Crippen molar-refractivity contribution in [3.63, 3.8) is 0 Å². The van der Waals surface area contributed by atoms with Crippen LogP contribution in [0.15, 0.2) is 29.0 Å². The number of benzene rings is 1. The Hall–Kier alpha value is -1.66. The molecule has 0 amide bonds. The lowest BCUT2D eigenvalue weighted by Gasteiger charge is -2.09. The van der Waals surface area contributed by atoms with Crippen molar-refractivity contribution < 1.29 is 9.90 Å². The first-order chi connectivity index (χ1) is 8.97. The largest absolute Gasteiger partial charge is 0.476 e. The highest BCUT2D eigenvalue weighted by molar-refractivity contribution is 9.10. The van der Waals surface area contributed by atoms with Crippen molar-refractivity contribution in [2.24, 2.45) is 0 Å². The number of anilines is 2. The van der Waals surface area contributed by atoms with E-state index in [1.165, 1.54) is 12.4 Å². The fraction of sp³-hybridized carbons (Fsp3) is 0.0833. The van der Waals surface area contributed by atoms with Crippen LogP contribution in [0, 0.1) is 6.92 Å². The van der Waals surface area contributed by atoms with Crippen molar-refractivity contribution in [3.8, 4) is 0 Å². The van der Waals surface area contributed by atoms with Gasteiger partial charge in [0.1, 0.15) is 5.82 Å². The Bertz CT molecular complexity index is 632. The number of nitrogens with one attached hydrogen (secondary N) is 1. The summed E-state index contributed by atoms with van der Waals surface area (Å²) in [5.74, 6) is -0.677. The minimum absolute atomic E-state index is 0.105. The Labute approximate surface area is 122 Å². The Balaban J connectivity index is 2.26. The Morgan fingerprint density at radius 2 is 2.11 bits per heavy atom. The maximum Gasteiger partial charge on any atom is 0.356 e. The van der Waals surface area contributed by atoms with Gasteiger partial charge in [-0.1, -0.05) is 11.6 Å². The van der Waals surface area contributed by atoms with Crippen molar-refractivity contribution >= 4 is 45.0 Å². The van der Waals surface area contributed by atoms with Gasteiger partial charge in [0.2, 0.25) is 0 Å². The van der Waals surface area contributed by atoms with Crippen LogP contribution in [0.5, 0.6) is 0 Å². The molecule has 19 heavy (non-hydrogen) atoms. The molecular weight excluding hydrogens is 334 g/mol. The molecular formula is C12H9BrClN3O2. The van der Waals surface area contributed by atoms with E-state index in [4.69, 9.17) is 16.7 Å². The van der Waals surface area contributed by atoms with Gasteiger partial charge in [0.25, 0.3) is 0 Å². The summed E-state index contributed by atoms with van der Waals surface area (Å²) in [4.78, 5) is 18.4. The number of carbonyl (C=O) groups is 1. The highest BCUT2D eigenvalue weighted by Crippen LogP contribution is 2.30. The van der Waals surface area contributed by atoms with Crippen LogP contribution in [-0.2, 0) is 0 Å². The fourth-order valence-corrected chi connectivity index (χ4v) is 2.10. The number of rotatable bonds is 3. The molecule has 5 nitrogen and oxygen atoms in total. The van der Waals surface area contributed by atoms with Gasteiger partial charge in [-0.25, -0.2) is 14.8 Å². The van der Waals surface area contributed by atoms with E-state index in [0.717, 1.165) is 15.7 Å². The summed E-state index contributed by atoms with van der Waals surface area (Å²) in [6.07, 6.45) is 2.54. The van der Waals surface area contributed by atoms with Gasteiger partial charge in [-0.3, -0.25) is 0 Å². The zero-order valence-electron chi connectivity index (χ0n) is 9.82. The van der Waals surface area contributed by atoms with Gasteiger partial charge in [0.05, 0.1) is 18.1 Å². The number of aromatic carboxylic acids is 1. The van der Waals surface area contributed by atoms with E-state index in [1.807, 2.05) is 13.0 Å². The molecule has 1 aromatic carbocycles. The first kappa shape index (κ1) is 13.8. The summed E-state index contributed by atoms with van der Waals surface area (Å²) in [5, 5.41) is 12.4. The molecule has 2 aromatic rings. The maximum absolute atomic E-state index is 10.7. The second kappa shape index (κ2) is 5.54. The van der Waals surface area contributed by atoms with Crippen LogP contribution in [0.3, 0.4) is 0 Å². The Morgan fingerprint density at radius 3 is 2.68 bits per heavy atom. The van der Waals surface area contributed by atoms with E-state index >= 15 is 0 Å². The average Bonchev–Trinajstić information content (AvgIpc) is 2.36. The number of nitrogens with zero attached hydrogens (tertiary/aromatic N) is 2. The van der Waals surface area contributed by atoms with Gasteiger partial charge in [-0.15, -0.1) is 0 Å². The average molecular weight is 343 g/mol. The molecule has 0 aliphatic heterocycles. The molecule has 0 bridgehead atoms. The summed E-state index contributed by atoms with van der Waals surface area (Å²) in [6, 6.07) is 3.64. The predicted octanol–water partition coefficient (Wildman–Crippen LogP) is 3.64. The summed E-state index contributed by atoms with van der Waals surface area (Å²) in [5.41, 5.74) is 1.57. The van der Waals surface area contributed by atoms with Gasteiger partial charge in [0.15, 0.2) is 5.69 Å².